The van der Waals surface area contributed by atoms with Crippen LogP contribution in [-0.4, -0.2) is 44.8 Å². The molecule has 0 N–H and O–H groups in total. The van der Waals surface area contributed by atoms with Gasteiger partial charge in [0.25, 0.3) is 0 Å². The molecule has 2 heterocycles. The second kappa shape index (κ2) is 8.25. The summed E-state index contributed by atoms with van der Waals surface area (Å²) in [6, 6.07) is 6.46. The van der Waals surface area contributed by atoms with Gasteiger partial charge in [0.1, 0.15) is 12.4 Å². The molecule has 0 radical (unpaired) electrons. The molecule has 0 bridgehead atoms. The number of hydrogen-bond acceptors (Lipinski definition) is 6. The minimum Gasteiger partial charge on any atom is -0.464 e. The van der Waals surface area contributed by atoms with Crippen molar-refractivity contribution in [2.75, 3.05) is 24.3 Å². The smallest absolute Gasteiger partial charge is 0.417 e. The summed E-state index contributed by atoms with van der Waals surface area (Å²) < 4.78 is 68.4. The summed E-state index contributed by atoms with van der Waals surface area (Å²) in [5.41, 5.74) is -0.252. The van der Waals surface area contributed by atoms with Crippen LogP contribution in [0.2, 0.25) is 0 Å². The molecule has 0 saturated carbocycles. The predicted molar refractivity (Wildman–Crippen MR) is 105 cm³/mol. The van der Waals surface area contributed by atoms with Crippen molar-refractivity contribution < 1.29 is 31.1 Å². The Morgan fingerprint density at radius 1 is 1.27 bits per heavy atom. The van der Waals surface area contributed by atoms with Gasteiger partial charge in [-0.3, -0.25) is 4.79 Å². The number of pyridine rings is 1. The van der Waals surface area contributed by atoms with Crippen LogP contribution < -0.4 is 4.90 Å². The summed E-state index contributed by atoms with van der Waals surface area (Å²) in [7, 11) is -3.44. The van der Waals surface area contributed by atoms with Crippen LogP contribution in [0.5, 0.6) is 0 Å². The van der Waals surface area contributed by atoms with Gasteiger partial charge in [0.05, 0.1) is 16.5 Å². The van der Waals surface area contributed by atoms with E-state index in [0.717, 1.165) is 24.9 Å². The van der Waals surface area contributed by atoms with Gasteiger partial charge in [0, 0.05) is 31.5 Å². The Morgan fingerprint density at radius 3 is 2.50 bits per heavy atom. The SMILES string of the molecule is CC(=O)OC[C@@H]1CCCN1c1ncc(C(F)(F)F)cc1-c1ccc(S(C)(=O)=O)cc1. The van der Waals surface area contributed by atoms with Gasteiger partial charge in [0.15, 0.2) is 9.84 Å². The van der Waals surface area contributed by atoms with Crippen LogP contribution in [0.1, 0.15) is 25.3 Å². The molecule has 1 aliphatic rings. The zero-order valence-electron chi connectivity index (χ0n) is 16.4. The molecule has 3 rings (SSSR count). The fourth-order valence-corrected chi connectivity index (χ4v) is 4.07. The van der Waals surface area contributed by atoms with Gasteiger partial charge in [0.2, 0.25) is 0 Å². The Morgan fingerprint density at radius 2 is 1.93 bits per heavy atom. The summed E-state index contributed by atoms with van der Waals surface area (Å²) in [4.78, 5) is 17.2. The van der Waals surface area contributed by atoms with Crippen molar-refractivity contribution in [3.05, 3.63) is 42.1 Å². The monoisotopic (exact) mass is 442 g/mol. The van der Waals surface area contributed by atoms with Gasteiger partial charge in [-0.1, -0.05) is 12.1 Å². The number of carbonyl (C=O) groups is 1. The largest absolute Gasteiger partial charge is 0.464 e. The third-order valence-electron chi connectivity index (χ3n) is 4.92. The molecule has 1 aliphatic heterocycles. The van der Waals surface area contributed by atoms with Crippen LogP contribution in [-0.2, 0) is 25.5 Å². The van der Waals surface area contributed by atoms with E-state index in [-0.39, 0.29) is 23.1 Å². The molecular formula is C20H21F3N2O4S. The number of ether oxygens (including phenoxy) is 1. The number of halogens is 3. The summed E-state index contributed by atoms with van der Waals surface area (Å²) in [6.07, 6.45) is -1.24. The van der Waals surface area contributed by atoms with Crippen molar-refractivity contribution in [2.45, 2.75) is 36.9 Å². The normalized spacial score (nSPS) is 17.2. The van der Waals surface area contributed by atoms with Crippen molar-refractivity contribution in [3.8, 4) is 11.1 Å². The molecule has 0 unspecified atom stereocenters. The maximum atomic E-state index is 13.3. The van der Waals surface area contributed by atoms with Crippen molar-refractivity contribution in [2.24, 2.45) is 0 Å². The van der Waals surface area contributed by atoms with Crippen LogP contribution in [0.15, 0.2) is 41.4 Å². The fourth-order valence-electron chi connectivity index (χ4n) is 3.44. The molecule has 0 aliphatic carbocycles. The lowest BCUT2D eigenvalue weighted by molar-refractivity contribution is -0.141. The standard InChI is InChI=1S/C20H21F3N2O4S/c1-13(26)29-12-16-4-3-9-25(16)19-18(10-15(11-24-19)20(21,22)23)14-5-7-17(8-6-14)30(2,27)28/h5-8,10-11,16H,3-4,9,12H2,1-2H3/t16-/m0/s1. The van der Waals surface area contributed by atoms with E-state index in [2.05, 4.69) is 4.98 Å². The molecule has 1 fully saturated rings. The average Bonchev–Trinajstić information content (AvgIpc) is 3.13. The number of esters is 1. The molecule has 0 amide bonds. The van der Waals surface area contributed by atoms with Crippen LogP contribution in [0.25, 0.3) is 11.1 Å². The summed E-state index contributed by atoms with van der Waals surface area (Å²) in [5.74, 6) is -0.0939. The van der Waals surface area contributed by atoms with Crippen molar-refractivity contribution in [3.63, 3.8) is 0 Å². The molecule has 6 nitrogen and oxygen atoms in total. The zero-order valence-corrected chi connectivity index (χ0v) is 17.3. The first-order valence-electron chi connectivity index (χ1n) is 9.24. The zero-order chi connectivity index (χ0) is 22.1. The number of carbonyl (C=O) groups excluding carboxylic acids is 1. The first kappa shape index (κ1) is 22.1. The Bertz CT molecular complexity index is 1040. The van der Waals surface area contributed by atoms with Gasteiger partial charge in [-0.15, -0.1) is 0 Å². The molecule has 1 atom stereocenters. The number of benzene rings is 1. The molecule has 10 heteroatoms. The number of aromatic nitrogens is 1. The molecule has 0 spiro atoms. The van der Waals surface area contributed by atoms with Gasteiger partial charge in [-0.2, -0.15) is 13.2 Å². The van der Waals surface area contributed by atoms with E-state index in [1.165, 1.54) is 31.2 Å². The highest BCUT2D eigenvalue weighted by atomic mass is 32.2. The Balaban J connectivity index is 2.06. The summed E-state index contributed by atoms with van der Waals surface area (Å²) in [6.45, 7) is 1.97. The maximum absolute atomic E-state index is 13.3. The number of anilines is 1. The lowest BCUT2D eigenvalue weighted by Gasteiger charge is -2.28. The third-order valence-corrected chi connectivity index (χ3v) is 6.04. The van der Waals surface area contributed by atoms with Gasteiger partial charge in [-0.05, 0) is 36.6 Å². The quantitative estimate of drug-likeness (QED) is 0.658. The lowest BCUT2D eigenvalue weighted by atomic mass is 10.0. The summed E-state index contributed by atoms with van der Waals surface area (Å²) >= 11 is 0. The van der Waals surface area contributed by atoms with Crippen molar-refractivity contribution in [1.29, 1.82) is 0 Å². The minimum absolute atomic E-state index is 0.0710. The van der Waals surface area contributed by atoms with Gasteiger partial charge >= 0.3 is 12.1 Å². The predicted octanol–water partition coefficient (Wildman–Crippen LogP) is 3.70. The van der Waals surface area contributed by atoms with E-state index in [1.54, 1.807) is 0 Å². The van der Waals surface area contributed by atoms with Crippen LogP contribution in [0.4, 0.5) is 19.0 Å². The second-order valence-corrected chi connectivity index (χ2v) is 9.20. The van der Waals surface area contributed by atoms with Crippen LogP contribution >= 0.6 is 0 Å². The van der Waals surface area contributed by atoms with Crippen molar-refractivity contribution in [1.82, 2.24) is 4.98 Å². The highest BCUT2D eigenvalue weighted by Crippen LogP contribution is 2.38. The highest BCUT2D eigenvalue weighted by molar-refractivity contribution is 7.90. The van der Waals surface area contributed by atoms with Gasteiger partial charge < -0.3 is 9.64 Å². The topological polar surface area (TPSA) is 76.6 Å². The molecular weight excluding hydrogens is 421 g/mol. The lowest BCUT2D eigenvalue weighted by Crippen LogP contribution is -2.34. The number of alkyl halides is 3. The van der Waals surface area contributed by atoms with Gasteiger partial charge in [-0.25, -0.2) is 13.4 Å². The molecule has 1 saturated heterocycles. The Hall–Kier alpha value is -2.62. The average molecular weight is 442 g/mol. The first-order valence-corrected chi connectivity index (χ1v) is 11.1. The van der Waals surface area contributed by atoms with Crippen LogP contribution in [0, 0.1) is 0 Å². The molecule has 162 valence electrons. The highest BCUT2D eigenvalue weighted by Gasteiger charge is 2.34. The molecule has 1 aromatic heterocycles. The van der Waals surface area contributed by atoms with Crippen LogP contribution in [0.3, 0.4) is 0 Å². The maximum Gasteiger partial charge on any atom is 0.417 e. The minimum atomic E-state index is -4.57. The number of hydrogen-bond donors (Lipinski definition) is 0. The van der Waals surface area contributed by atoms with Crippen molar-refractivity contribution >= 4 is 21.6 Å². The van der Waals surface area contributed by atoms with E-state index in [0.29, 0.717) is 24.3 Å². The molecule has 2 aromatic rings. The third kappa shape index (κ3) is 4.92. The van der Waals surface area contributed by atoms with E-state index in [1.807, 2.05) is 4.90 Å². The number of rotatable bonds is 5. The molecule has 30 heavy (non-hydrogen) atoms. The molecule has 1 aromatic carbocycles. The Labute approximate surface area is 172 Å². The second-order valence-electron chi connectivity index (χ2n) is 7.18. The van der Waals surface area contributed by atoms with E-state index in [4.69, 9.17) is 4.74 Å². The summed E-state index contributed by atoms with van der Waals surface area (Å²) in [5, 5.41) is 0. The Kier molecular flexibility index (Phi) is 6.07. The first-order chi connectivity index (χ1) is 14.0. The van der Waals surface area contributed by atoms with E-state index in [9.17, 15) is 26.4 Å². The number of sulfone groups is 1. The fraction of sp³-hybridized carbons (Fsp3) is 0.400. The van der Waals surface area contributed by atoms with E-state index >= 15 is 0 Å². The van der Waals surface area contributed by atoms with E-state index < -0.39 is 27.5 Å². The number of nitrogens with zero attached hydrogens (tertiary/aromatic N) is 2.